The Kier molecular flexibility index (Phi) is 5.36. The molecule has 5 heteroatoms. The summed E-state index contributed by atoms with van der Waals surface area (Å²) < 4.78 is 10.2. The zero-order valence-electron chi connectivity index (χ0n) is 11.6. The lowest BCUT2D eigenvalue weighted by Gasteiger charge is -2.09. The highest BCUT2D eigenvalue weighted by molar-refractivity contribution is 5.97. The van der Waals surface area contributed by atoms with Crippen molar-refractivity contribution >= 4 is 11.7 Å². The molecule has 104 valence electrons. The van der Waals surface area contributed by atoms with E-state index in [-0.39, 0.29) is 24.2 Å². The van der Waals surface area contributed by atoms with Crippen LogP contribution in [-0.4, -0.2) is 32.5 Å². The average molecular weight is 265 g/mol. The van der Waals surface area contributed by atoms with Gasteiger partial charge in [-0.25, -0.2) is 0 Å². The van der Waals surface area contributed by atoms with Crippen molar-refractivity contribution in [3.8, 4) is 11.5 Å². The largest absolute Gasteiger partial charge is 0.497 e. The summed E-state index contributed by atoms with van der Waals surface area (Å²) in [7, 11) is 3.03. The van der Waals surface area contributed by atoms with Crippen LogP contribution in [0.3, 0.4) is 0 Å². The Morgan fingerprint density at radius 3 is 2.05 bits per heavy atom. The molecular formula is C14H19NO4. The van der Waals surface area contributed by atoms with Crippen LogP contribution in [0.2, 0.25) is 0 Å². The third-order valence-electron chi connectivity index (χ3n) is 2.68. The molecule has 5 nitrogen and oxygen atoms in total. The van der Waals surface area contributed by atoms with Crippen LogP contribution in [0.4, 0.5) is 0 Å². The molecule has 0 aromatic heterocycles. The maximum absolute atomic E-state index is 11.9. The summed E-state index contributed by atoms with van der Waals surface area (Å²) in [5.74, 6) is 0.619. The molecule has 0 spiro atoms. The number of ether oxygens (including phenoxy) is 2. The van der Waals surface area contributed by atoms with Crippen molar-refractivity contribution in [1.29, 1.82) is 0 Å². The first-order valence-corrected chi connectivity index (χ1v) is 6.02. The van der Waals surface area contributed by atoms with Gasteiger partial charge >= 0.3 is 0 Å². The number of carbonyl (C=O) groups excluding carboxylic acids is 2. The van der Waals surface area contributed by atoms with Crippen LogP contribution in [0.15, 0.2) is 18.2 Å². The summed E-state index contributed by atoms with van der Waals surface area (Å²) in [5, 5.41) is 2.58. The van der Waals surface area contributed by atoms with Gasteiger partial charge in [0.2, 0.25) is 0 Å². The van der Waals surface area contributed by atoms with Crippen LogP contribution in [-0.2, 0) is 4.79 Å². The maximum atomic E-state index is 11.9. The van der Waals surface area contributed by atoms with E-state index < -0.39 is 0 Å². The van der Waals surface area contributed by atoms with Crippen molar-refractivity contribution in [3.05, 3.63) is 23.8 Å². The molecule has 0 unspecified atom stereocenters. The van der Waals surface area contributed by atoms with Gasteiger partial charge in [-0.3, -0.25) is 9.59 Å². The molecule has 1 aromatic carbocycles. The van der Waals surface area contributed by atoms with Crippen molar-refractivity contribution in [2.45, 2.75) is 13.8 Å². The van der Waals surface area contributed by atoms with E-state index in [1.54, 1.807) is 32.0 Å². The van der Waals surface area contributed by atoms with Gasteiger partial charge in [-0.15, -0.1) is 0 Å². The predicted molar refractivity (Wildman–Crippen MR) is 71.7 cm³/mol. The molecule has 0 heterocycles. The van der Waals surface area contributed by atoms with E-state index in [0.717, 1.165) is 0 Å². The highest BCUT2D eigenvalue weighted by Gasteiger charge is 2.12. The van der Waals surface area contributed by atoms with Gasteiger partial charge in [-0.2, -0.15) is 0 Å². The van der Waals surface area contributed by atoms with Crippen molar-refractivity contribution in [2.75, 3.05) is 20.8 Å². The molecule has 0 fully saturated rings. The normalized spacial score (nSPS) is 10.2. The summed E-state index contributed by atoms with van der Waals surface area (Å²) in [6, 6.07) is 4.87. The van der Waals surface area contributed by atoms with E-state index in [1.807, 2.05) is 0 Å². The molecule has 0 aliphatic heterocycles. The maximum Gasteiger partial charge on any atom is 0.251 e. The number of carbonyl (C=O) groups is 2. The molecule has 0 bridgehead atoms. The van der Waals surface area contributed by atoms with Crippen LogP contribution in [0.1, 0.15) is 24.2 Å². The summed E-state index contributed by atoms with van der Waals surface area (Å²) in [5.41, 5.74) is 0.396. The number of benzene rings is 1. The van der Waals surface area contributed by atoms with Crippen LogP contribution >= 0.6 is 0 Å². The SMILES string of the molecule is COc1cc(OC)cc(C(=O)NCC(=O)C(C)C)c1. The van der Waals surface area contributed by atoms with E-state index in [4.69, 9.17) is 9.47 Å². The predicted octanol–water partition coefficient (Wildman–Crippen LogP) is 1.66. The van der Waals surface area contributed by atoms with Gasteiger partial charge < -0.3 is 14.8 Å². The zero-order chi connectivity index (χ0) is 14.4. The minimum atomic E-state index is -0.328. The molecule has 1 aromatic rings. The van der Waals surface area contributed by atoms with Crippen LogP contribution in [0.25, 0.3) is 0 Å². The number of rotatable bonds is 6. The van der Waals surface area contributed by atoms with Gasteiger partial charge in [0.15, 0.2) is 5.78 Å². The zero-order valence-corrected chi connectivity index (χ0v) is 11.6. The summed E-state index contributed by atoms with van der Waals surface area (Å²) in [4.78, 5) is 23.4. The van der Waals surface area contributed by atoms with Crippen molar-refractivity contribution in [1.82, 2.24) is 5.32 Å². The van der Waals surface area contributed by atoms with Crippen LogP contribution in [0, 0.1) is 5.92 Å². The van der Waals surface area contributed by atoms with Gasteiger partial charge in [0.1, 0.15) is 11.5 Å². The Morgan fingerprint density at radius 1 is 1.11 bits per heavy atom. The van der Waals surface area contributed by atoms with Crippen molar-refractivity contribution < 1.29 is 19.1 Å². The third-order valence-corrected chi connectivity index (χ3v) is 2.68. The Labute approximate surface area is 112 Å². The van der Waals surface area contributed by atoms with E-state index in [1.165, 1.54) is 14.2 Å². The van der Waals surface area contributed by atoms with E-state index in [0.29, 0.717) is 17.1 Å². The number of methoxy groups -OCH3 is 2. The van der Waals surface area contributed by atoms with Crippen molar-refractivity contribution in [3.63, 3.8) is 0 Å². The van der Waals surface area contributed by atoms with E-state index in [9.17, 15) is 9.59 Å². The Hall–Kier alpha value is -2.04. The minimum absolute atomic E-state index is 0.0109. The molecule has 0 radical (unpaired) electrons. The Bertz CT molecular complexity index is 446. The third kappa shape index (κ3) is 4.28. The Balaban J connectivity index is 2.79. The van der Waals surface area contributed by atoms with Gasteiger partial charge in [-0.1, -0.05) is 13.8 Å². The first-order chi connectivity index (χ1) is 8.97. The number of hydrogen-bond acceptors (Lipinski definition) is 4. The van der Waals surface area contributed by atoms with E-state index in [2.05, 4.69) is 5.32 Å². The number of nitrogens with one attached hydrogen (secondary N) is 1. The van der Waals surface area contributed by atoms with Crippen LogP contribution in [0.5, 0.6) is 11.5 Å². The molecular weight excluding hydrogens is 246 g/mol. The number of amides is 1. The number of hydrogen-bond donors (Lipinski definition) is 1. The molecule has 0 saturated carbocycles. The lowest BCUT2D eigenvalue weighted by Crippen LogP contribution is -2.31. The molecule has 0 saturated heterocycles. The lowest BCUT2D eigenvalue weighted by molar-refractivity contribution is -0.120. The molecule has 0 aliphatic carbocycles. The summed E-state index contributed by atoms with van der Waals surface area (Å²) >= 11 is 0. The summed E-state index contributed by atoms with van der Waals surface area (Å²) in [6.45, 7) is 3.61. The summed E-state index contributed by atoms with van der Waals surface area (Å²) in [6.07, 6.45) is 0. The van der Waals surface area contributed by atoms with E-state index >= 15 is 0 Å². The lowest BCUT2D eigenvalue weighted by atomic mass is 10.1. The highest BCUT2D eigenvalue weighted by Crippen LogP contribution is 2.22. The molecule has 0 aliphatic rings. The standard InChI is InChI=1S/C14H19NO4/c1-9(2)13(16)8-15-14(17)10-5-11(18-3)7-12(6-10)19-4/h5-7,9H,8H2,1-4H3,(H,15,17). The fourth-order valence-electron chi connectivity index (χ4n) is 1.41. The Morgan fingerprint density at radius 2 is 1.63 bits per heavy atom. The van der Waals surface area contributed by atoms with Gasteiger partial charge in [0.25, 0.3) is 5.91 Å². The highest BCUT2D eigenvalue weighted by atomic mass is 16.5. The number of Topliss-reactive ketones (excluding diaryl/α,β-unsaturated/α-hetero) is 1. The molecule has 0 atom stereocenters. The molecule has 1 rings (SSSR count). The second-order valence-corrected chi connectivity index (χ2v) is 4.41. The van der Waals surface area contributed by atoms with Crippen molar-refractivity contribution in [2.24, 2.45) is 5.92 Å². The average Bonchev–Trinajstić information content (AvgIpc) is 2.43. The topological polar surface area (TPSA) is 64.6 Å². The number of ketones is 1. The van der Waals surface area contributed by atoms with Crippen LogP contribution < -0.4 is 14.8 Å². The minimum Gasteiger partial charge on any atom is -0.497 e. The first-order valence-electron chi connectivity index (χ1n) is 6.02. The second kappa shape index (κ2) is 6.78. The molecule has 1 amide bonds. The fraction of sp³-hybridized carbons (Fsp3) is 0.429. The molecule has 19 heavy (non-hydrogen) atoms. The first kappa shape index (κ1) is 15.0. The molecule has 1 N–H and O–H groups in total. The van der Waals surface area contributed by atoms with Gasteiger partial charge in [-0.05, 0) is 12.1 Å². The fourth-order valence-corrected chi connectivity index (χ4v) is 1.41. The monoisotopic (exact) mass is 265 g/mol. The van der Waals surface area contributed by atoms with Gasteiger partial charge in [0, 0.05) is 17.5 Å². The smallest absolute Gasteiger partial charge is 0.251 e. The second-order valence-electron chi connectivity index (χ2n) is 4.41. The quantitative estimate of drug-likeness (QED) is 0.849. The van der Waals surface area contributed by atoms with Gasteiger partial charge in [0.05, 0.1) is 20.8 Å².